The summed E-state index contributed by atoms with van der Waals surface area (Å²) in [7, 11) is -2.17. The Bertz CT molecular complexity index is 487. The van der Waals surface area contributed by atoms with Crippen LogP contribution in [0.25, 0.3) is 0 Å². The lowest BCUT2D eigenvalue weighted by molar-refractivity contribution is 0.0640. The zero-order valence-electron chi connectivity index (χ0n) is 9.57. The van der Waals surface area contributed by atoms with Gasteiger partial charge in [-0.2, -0.15) is 4.31 Å². The fourth-order valence-electron chi connectivity index (χ4n) is 1.24. The smallest absolute Gasteiger partial charge is 0.252 e. The highest BCUT2D eigenvalue weighted by Crippen LogP contribution is 2.35. The van der Waals surface area contributed by atoms with E-state index < -0.39 is 15.6 Å². The van der Waals surface area contributed by atoms with Crippen molar-refractivity contribution >= 4 is 48.9 Å². The van der Waals surface area contributed by atoms with Crippen LogP contribution in [-0.4, -0.2) is 37.0 Å². The standard InChI is InChI=1S/C9H13BrClNO3S2/c1-9(2,13)5-12(3)17(14,15)7-4-6(11)8(10)16-7/h4,13H,5H2,1-3H3. The van der Waals surface area contributed by atoms with Gasteiger partial charge in [0, 0.05) is 13.6 Å². The molecule has 8 heteroatoms. The Morgan fingerprint density at radius 3 is 2.47 bits per heavy atom. The molecule has 4 nitrogen and oxygen atoms in total. The predicted octanol–water partition coefficient (Wildman–Crippen LogP) is 2.56. The fraction of sp³-hybridized carbons (Fsp3) is 0.556. The summed E-state index contributed by atoms with van der Waals surface area (Å²) in [4.78, 5) is 0. The van der Waals surface area contributed by atoms with Crippen molar-refractivity contribution in [1.29, 1.82) is 0 Å². The number of hydrogen-bond acceptors (Lipinski definition) is 4. The van der Waals surface area contributed by atoms with Crippen molar-refractivity contribution in [3.05, 3.63) is 14.9 Å². The first-order valence-corrected chi connectivity index (χ1v) is 8.10. The maximum Gasteiger partial charge on any atom is 0.252 e. The van der Waals surface area contributed by atoms with E-state index in [0.29, 0.717) is 8.81 Å². The van der Waals surface area contributed by atoms with Crippen molar-refractivity contribution in [3.63, 3.8) is 0 Å². The highest BCUT2D eigenvalue weighted by atomic mass is 79.9. The third kappa shape index (κ3) is 3.90. The van der Waals surface area contributed by atoms with Gasteiger partial charge in [-0.15, -0.1) is 11.3 Å². The minimum Gasteiger partial charge on any atom is -0.389 e. The molecule has 98 valence electrons. The second-order valence-corrected chi connectivity index (χ2v) is 9.31. The summed E-state index contributed by atoms with van der Waals surface area (Å²) in [5.41, 5.74) is -1.08. The molecule has 0 aromatic carbocycles. The van der Waals surface area contributed by atoms with Crippen molar-refractivity contribution in [1.82, 2.24) is 4.31 Å². The van der Waals surface area contributed by atoms with Gasteiger partial charge in [-0.1, -0.05) is 11.6 Å². The molecule has 0 saturated carbocycles. The van der Waals surface area contributed by atoms with Crippen LogP contribution in [0.3, 0.4) is 0 Å². The Kier molecular flexibility index (Phi) is 4.66. The number of halogens is 2. The Morgan fingerprint density at radius 1 is 1.59 bits per heavy atom. The van der Waals surface area contributed by atoms with E-state index in [2.05, 4.69) is 15.9 Å². The van der Waals surface area contributed by atoms with Gasteiger partial charge in [0.25, 0.3) is 10.0 Å². The van der Waals surface area contributed by atoms with Gasteiger partial charge in [0.2, 0.25) is 0 Å². The van der Waals surface area contributed by atoms with Crippen LogP contribution >= 0.6 is 38.9 Å². The molecule has 0 saturated heterocycles. The summed E-state index contributed by atoms with van der Waals surface area (Å²) in [6.07, 6.45) is 0. The summed E-state index contributed by atoms with van der Waals surface area (Å²) in [6.45, 7) is 3.12. The summed E-state index contributed by atoms with van der Waals surface area (Å²) in [5, 5.41) is 9.99. The van der Waals surface area contributed by atoms with Gasteiger partial charge in [0.05, 0.1) is 14.4 Å². The van der Waals surface area contributed by atoms with E-state index in [9.17, 15) is 13.5 Å². The van der Waals surface area contributed by atoms with Crippen LogP contribution in [0.15, 0.2) is 14.1 Å². The van der Waals surface area contributed by atoms with Gasteiger partial charge in [-0.3, -0.25) is 0 Å². The van der Waals surface area contributed by atoms with Crippen LogP contribution in [0.4, 0.5) is 0 Å². The number of thiophene rings is 1. The number of nitrogens with zero attached hydrogens (tertiary/aromatic N) is 1. The van der Waals surface area contributed by atoms with E-state index >= 15 is 0 Å². The van der Waals surface area contributed by atoms with Crippen LogP contribution in [0.1, 0.15) is 13.8 Å². The Labute approximate surface area is 118 Å². The molecule has 1 heterocycles. The first kappa shape index (κ1) is 15.4. The van der Waals surface area contributed by atoms with Crippen molar-refractivity contribution in [2.75, 3.05) is 13.6 Å². The summed E-state index contributed by atoms with van der Waals surface area (Å²) >= 11 is 10.0. The number of rotatable bonds is 4. The lowest BCUT2D eigenvalue weighted by atomic mass is 10.1. The largest absolute Gasteiger partial charge is 0.389 e. The zero-order chi connectivity index (χ0) is 13.4. The van der Waals surface area contributed by atoms with Gasteiger partial charge in [0.1, 0.15) is 4.21 Å². The van der Waals surface area contributed by atoms with Crippen LogP contribution in [0, 0.1) is 0 Å². The minimum absolute atomic E-state index is 0.0163. The first-order valence-electron chi connectivity index (χ1n) is 4.67. The average molecular weight is 363 g/mol. The number of aliphatic hydroxyl groups is 1. The Hall–Kier alpha value is 0.340. The molecule has 1 rings (SSSR count). The maximum atomic E-state index is 12.1. The van der Waals surface area contributed by atoms with Crippen LogP contribution in [-0.2, 0) is 10.0 Å². The van der Waals surface area contributed by atoms with E-state index in [1.54, 1.807) is 13.8 Å². The molecule has 0 bridgehead atoms. The highest BCUT2D eigenvalue weighted by Gasteiger charge is 2.28. The molecule has 0 fully saturated rings. The SMILES string of the molecule is CN(CC(C)(C)O)S(=O)(=O)c1cc(Cl)c(Br)s1. The lowest BCUT2D eigenvalue weighted by Gasteiger charge is -2.24. The minimum atomic E-state index is -3.60. The molecule has 1 aromatic rings. The molecule has 0 radical (unpaired) electrons. The van der Waals surface area contributed by atoms with E-state index in [1.165, 1.54) is 13.1 Å². The van der Waals surface area contributed by atoms with E-state index in [0.717, 1.165) is 15.6 Å². The van der Waals surface area contributed by atoms with Crippen molar-refractivity contribution in [2.45, 2.75) is 23.7 Å². The third-order valence-electron chi connectivity index (χ3n) is 1.90. The van der Waals surface area contributed by atoms with Crippen LogP contribution in [0.5, 0.6) is 0 Å². The lowest BCUT2D eigenvalue weighted by Crippen LogP contribution is -2.39. The zero-order valence-corrected chi connectivity index (χ0v) is 13.5. The molecule has 0 aliphatic rings. The van der Waals surface area contributed by atoms with Crippen LogP contribution in [0.2, 0.25) is 5.02 Å². The van der Waals surface area contributed by atoms with E-state index in [1.807, 2.05) is 0 Å². The molecule has 0 unspecified atom stereocenters. The number of hydrogen-bond donors (Lipinski definition) is 1. The predicted molar refractivity (Wildman–Crippen MR) is 73.1 cm³/mol. The Balaban J connectivity index is 3.03. The second-order valence-electron chi connectivity index (χ2n) is 4.26. The summed E-state index contributed by atoms with van der Waals surface area (Å²) < 4.78 is 26.1. The highest BCUT2D eigenvalue weighted by molar-refractivity contribution is 9.11. The molecule has 0 aliphatic carbocycles. The van der Waals surface area contributed by atoms with E-state index in [4.69, 9.17) is 11.6 Å². The first-order chi connectivity index (χ1) is 7.54. The molecule has 0 amide bonds. The molecule has 0 spiro atoms. The van der Waals surface area contributed by atoms with Crippen LogP contribution < -0.4 is 0 Å². The third-order valence-corrected chi connectivity index (χ3v) is 6.62. The monoisotopic (exact) mass is 361 g/mol. The molecular weight excluding hydrogens is 350 g/mol. The number of likely N-dealkylation sites (N-methyl/N-ethyl adjacent to an activating group) is 1. The normalized spacial score (nSPS) is 13.4. The molecule has 17 heavy (non-hydrogen) atoms. The van der Waals surface area contributed by atoms with Gasteiger partial charge in [-0.25, -0.2) is 8.42 Å². The molecule has 1 aromatic heterocycles. The average Bonchev–Trinajstić information content (AvgIpc) is 2.44. The van der Waals surface area contributed by atoms with Crippen molar-refractivity contribution in [2.24, 2.45) is 0 Å². The van der Waals surface area contributed by atoms with Gasteiger partial charge in [-0.05, 0) is 35.8 Å². The van der Waals surface area contributed by atoms with Gasteiger partial charge in [0.15, 0.2) is 0 Å². The molecule has 0 atom stereocenters. The summed E-state index contributed by atoms with van der Waals surface area (Å²) in [6, 6.07) is 1.40. The quantitative estimate of drug-likeness (QED) is 0.895. The van der Waals surface area contributed by atoms with Crippen molar-refractivity contribution < 1.29 is 13.5 Å². The molecule has 1 N–H and O–H groups in total. The fourth-order valence-corrected chi connectivity index (χ4v) is 5.17. The maximum absolute atomic E-state index is 12.1. The van der Waals surface area contributed by atoms with Gasteiger partial charge < -0.3 is 5.11 Å². The Morgan fingerprint density at radius 2 is 2.12 bits per heavy atom. The molecule has 0 aliphatic heterocycles. The molecular formula is C9H13BrClNO3S2. The number of sulfonamides is 1. The second kappa shape index (κ2) is 5.14. The van der Waals surface area contributed by atoms with Gasteiger partial charge >= 0.3 is 0 Å². The van der Waals surface area contributed by atoms with Crippen molar-refractivity contribution in [3.8, 4) is 0 Å². The summed E-state index contributed by atoms with van der Waals surface area (Å²) in [5.74, 6) is 0. The van der Waals surface area contributed by atoms with E-state index in [-0.39, 0.29) is 10.8 Å². The topological polar surface area (TPSA) is 57.6 Å².